The van der Waals surface area contributed by atoms with Crippen molar-refractivity contribution in [2.24, 2.45) is 5.92 Å². The van der Waals surface area contributed by atoms with Crippen LogP contribution in [0.25, 0.3) is 0 Å². The number of Topliss-reactive ketones (excluding diaryl/α,β-unsaturated/α-hetero) is 1. The zero-order chi connectivity index (χ0) is 14.2. The van der Waals surface area contributed by atoms with Gasteiger partial charge in [0.1, 0.15) is 0 Å². The van der Waals surface area contributed by atoms with Crippen LogP contribution in [0.4, 0.5) is 0 Å². The smallest absolute Gasteiger partial charge is 0.167 e. The van der Waals surface area contributed by atoms with Gasteiger partial charge in [-0.2, -0.15) is 0 Å². The lowest BCUT2D eigenvalue weighted by Crippen LogP contribution is -2.11. The Kier molecular flexibility index (Phi) is 6.24. The highest BCUT2D eigenvalue weighted by Crippen LogP contribution is 2.32. The predicted molar refractivity (Wildman–Crippen MR) is 75.0 cm³/mol. The molecule has 0 bridgehead atoms. The van der Waals surface area contributed by atoms with Gasteiger partial charge in [0.15, 0.2) is 5.78 Å². The number of ketones is 1. The number of aromatic nitrogens is 1. The minimum absolute atomic E-state index is 0.284. The molecule has 1 fully saturated rings. The van der Waals surface area contributed by atoms with Crippen molar-refractivity contribution in [3.63, 3.8) is 0 Å². The van der Waals surface area contributed by atoms with Crippen LogP contribution in [0, 0.1) is 5.92 Å². The maximum absolute atomic E-state index is 11.9. The first kappa shape index (κ1) is 15.2. The number of hydrogen-bond acceptors (Lipinski definition) is 4. The van der Waals surface area contributed by atoms with Crippen LogP contribution >= 0.6 is 0 Å². The third kappa shape index (κ3) is 5.07. The van der Waals surface area contributed by atoms with Crippen LogP contribution in [-0.2, 0) is 20.8 Å². The van der Waals surface area contributed by atoms with E-state index >= 15 is 0 Å². The molecule has 1 aliphatic carbocycles. The van der Waals surface area contributed by atoms with Crippen LogP contribution in [-0.4, -0.2) is 50.5 Å². The molecule has 1 aromatic rings. The van der Waals surface area contributed by atoms with Gasteiger partial charge in [0.25, 0.3) is 0 Å². The van der Waals surface area contributed by atoms with E-state index in [2.05, 4.69) is 0 Å². The van der Waals surface area contributed by atoms with E-state index < -0.39 is 0 Å². The Balaban J connectivity index is 1.54. The molecule has 112 valence electrons. The number of methoxy groups -OCH3 is 1. The molecule has 20 heavy (non-hydrogen) atoms. The fourth-order valence-electron chi connectivity index (χ4n) is 1.94. The summed E-state index contributed by atoms with van der Waals surface area (Å²) in [5.74, 6) is 0.572. The number of carbonyl (C=O) groups excluding carboxylic acids is 1. The van der Waals surface area contributed by atoms with Gasteiger partial charge in [-0.15, -0.1) is 0 Å². The maximum Gasteiger partial charge on any atom is 0.167 e. The van der Waals surface area contributed by atoms with E-state index in [9.17, 15) is 4.79 Å². The van der Waals surface area contributed by atoms with E-state index in [1.807, 2.05) is 23.0 Å². The summed E-state index contributed by atoms with van der Waals surface area (Å²) in [7, 11) is 1.65. The molecule has 5 heteroatoms. The molecule has 2 rings (SSSR count). The third-order valence-corrected chi connectivity index (χ3v) is 3.28. The van der Waals surface area contributed by atoms with Crippen molar-refractivity contribution in [2.75, 3.05) is 40.1 Å². The fraction of sp³-hybridized carbons (Fsp3) is 0.667. The summed E-state index contributed by atoms with van der Waals surface area (Å²) in [6, 6.07) is 1.90. The standard InChI is InChI=1S/C15H23NO4/c1-18-8-9-20-11-10-19-7-6-16-5-4-14(12-16)15(17)13-2-3-13/h4-5,12-13H,2-3,6-11H2,1H3. The Morgan fingerprint density at radius 3 is 2.60 bits per heavy atom. The molecular formula is C15H23NO4. The van der Waals surface area contributed by atoms with Gasteiger partial charge in [-0.25, -0.2) is 0 Å². The second kappa shape index (κ2) is 8.19. The minimum Gasteiger partial charge on any atom is -0.382 e. The van der Waals surface area contributed by atoms with Gasteiger partial charge >= 0.3 is 0 Å². The first-order chi connectivity index (χ1) is 9.81. The van der Waals surface area contributed by atoms with Crippen molar-refractivity contribution in [1.82, 2.24) is 4.57 Å². The normalized spacial score (nSPS) is 14.7. The number of nitrogens with zero attached hydrogens (tertiary/aromatic N) is 1. The largest absolute Gasteiger partial charge is 0.382 e. The molecule has 1 aliphatic rings. The molecule has 1 heterocycles. The maximum atomic E-state index is 11.9. The van der Waals surface area contributed by atoms with Gasteiger partial charge in [-0.1, -0.05) is 0 Å². The predicted octanol–water partition coefficient (Wildman–Crippen LogP) is 1.76. The van der Waals surface area contributed by atoms with Crippen molar-refractivity contribution in [3.8, 4) is 0 Å². The van der Waals surface area contributed by atoms with Crippen molar-refractivity contribution in [3.05, 3.63) is 24.0 Å². The molecule has 1 aromatic heterocycles. The van der Waals surface area contributed by atoms with Crippen molar-refractivity contribution >= 4 is 5.78 Å². The van der Waals surface area contributed by atoms with Gasteiger partial charge in [-0.3, -0.25) is 4.79 Å². The zero-order valence-electron chi connectivity index (χ0n) is 12.0. The lowest BCUT2D eigenvalue weighted by molar-refractivity contribution is 0.0230. The Bertz CT molecular complexity index is 412. The minimum atomic E-state index is 0.284. The van der Waals surface area contributed by atoms with Gasteiger partial charge < -0.3 is 18.8 Å². The van der Waals surface area contributed by atoms with Gasteiger partial charge in [0, 0.05) is 37.5 Å². The van der Waals surface area contributed by atoms with Crippen molar-refractivity contribution in [1.29, 1.82) is 0 Å². The average molecular weight is 281 g/mol. The van der Waals surface area contributed by atoms with Crippen LogP contribution in [0.15, 0.2) is 18.5 Å². The molecule has 0 unspecified atom stereocenters. The molecule has 0 amide bonds. The molecule has 0 aliphatic heterocycles. The first-order valence-corrected chi connectivity index (χ1v) is 7.15. The summed E-state index contributed by atoms with van der Waals surface area (Å²) < 4.78 is 17.6. The van der Waals surface area contributed by atoms with Gasteiger partial charge in [-0.05, 0) is 18.9 Å². The lowest BCUT2D eigenvalue weighted by atomic mass is 10.1. The average Bonchev–Trinajstić information content (AvgIpc) is 3.20. The van der Waals surface area contributed by atoms with Crippen molar-refractivity contribution in [2.45, 2.75) is 19.4 Å². The fourth-order valence-corrected chi connectivity index (χ4v) is 1.94. The Hall–Kier alpha value is -1.17. The highest BCUT2D eigenvalue weighted by molar-refractivity contribution is 5.99. The number of ether oxygens (including phenoxy) is 3. The van der Waals surface area contributed by atoms with Crippen LogP contribution in [0.3, 0.4) is 0 Å². The lowest BCUT2D eigenvalue weighted by Gasteiger charge is -2.06. The number of rotatable bonds is 11. The summed E-state index contributed by atoms with van der Waals surface area (Å²) in [5.41, 5.74) is 0.829. The number of hydrogen-bond donors (Lipinski definition) is 0. The molecule has 0 atom stereocenters. The summed E-state index contributed by atoms with van der Waals surface area (Å²) in [4.78, 5) is 11.9. The molecular weight excluding hydrogens is 258 g/mol. The number of carbonyl (C=O) groups is 1. The highest BCUT2D eigenvalue weighted by atomic mass is 16.5. The molecule has 0 saturated heterocycles. The molecule has 0 spiro atoms. The van der Waals surface area contributed by atoms with E-state index in [1.54, 1.807) is 7.11 Å². The van der Waals surface area contributed by atoms with Gasteiger partial charge in [0.2, 0.25) is 0 Å². The van der Waals surface area contributed by atoms with E-state index in [4.69, 9.17) is 14.2 Å². The summed E-state index contributed by atoms with van der Waals surface area (Å²) >= 11 is 0. The zero-order valence-corrected chi connectivity index (χ0v) is 12.0. The monoisotopic (exact) mass is 281 g/mol. The van der Waals surface area contributed by atoms with Crippen LogP contribution in [0.5, 0.6) is 0 Å². The molecule has 0 radical (unpaired) electrons. The second-order valence-corrected chi connectivity index (χ2v) is 4.99. The molecule has 0 N–H and O–H groups in total. The summed E-state index contributed by atoms with van der Waals surface area (Å²) in [5, 5.41) is 0. The Morgan fingerprint density at radius 1 is 1.20 bits per heavy atom. The van der Waals surface area contributed by atoms with Crippen molar-refractivity contribution < 1.29 is 19.0 Å². The quantitative estimate of drug-likeness (QED) is 0.458. The Labute approximate surface area is 119 Å². The van der Waals surface area contributed by atoms with Gasteiger partial charge in [0.05, 0.1) is 33.0 Å². The SMILES string of the molecule is COCCOCCOCCn1ccc(C(=O)C2CC2)c1. The first-order valence-electron chi connectivity index (χ1n) is 7.15. The second-order valence-electron chi connectivity index (χ2n) is 4.99. The van der Waals surface area contributed by atoms with E-state index in [0.717, 1.165) is 24.9 Å². The molecule has 0 aromatic carbocycles. The van der Waals surface area contributed by atoms with E-state index in [-0.39, 0.29) is 11.7 Å². The van der Waals surface area contributed by atoms with Crippen LogP contribution in [0.1, 0.15) is 23.2 Å². The van der Waals surface area contributed by atoms with Crippen LogP contribution < -0.4 is 0 Å². The van der Waals surface area contributed by atoms with Crippen LogP contribution in [0.2, 0.25) is 0 Å². The molecule has 1 saturated carbocycles. The van der Waals surface area contributed by atoms with E-state index in [0.29, 0.717) is 33.0 Å². The summed E-state index contributed by atoms with van der Waals surface area (Å²) in [6.45, 7) is 3.76. The molecule has 5 nitrogen and oxygen atoms in total. The third-order valence-electron chi connectivity index (χ3n) is 3.28. The van der Waals surface area contributed by atoms with E-state index in [1.165, 1.54) is 0 Å². The topological polar surface area (TPSA) is 49.7 Å². The Morgan fingerprint density at radius 2 is 1.90 bits per heavy atom. The highest BCUT2D eigenvalue weighted by Gasteiger charge is 2.30. The summed E-state index contributed by atoms with van der Waals surface area (Å²) in [6.07, 6.45) is 5.96.